The molecule has 3 heteroatoms. The summed E-state index contributed by atoms with van der Waals surface area (Å²) in [4.78, 5) is 14.6. The molecule has 0 fully saturated rings. The van der Waals surface area contributed by atoms with Gasteiger partial charge in [0, 0.05) is 25.8 Å². The minimum atomic E-state index is 0.0592. The second kappa shape index (κ2) is 6.93. The maximum atomic E-state index is 12.7. The maximum absolute atomic E-state index is 12.7. The van der Waals surface area contributed by atoms with Crippen molar-refractivity contribution < 1.29 is 4.79 Å². The molecule has 0 unspecified atom stereocenters. The van der Waals surface area contributed by atoms with Gasteiger partial charge in [0.05, 0.1) is 5.56 Å². The third-order valence-electron chi connectivity index (χ3n) is 3.55. The summed E-state index contributed by atoms with van der Waals surface area (Å²) >= 11 is 0. The van der Waals surface area contributed by atoms with Crippen LogP contribution in [0.15, 0.2) is 48.5 Å². The van der Waals surface area contributed by atoms with Crippen LogP contribution in [0.1, 0.15) is 28.4 Å². The van der Waals surface area contributed by atoms with Crippen LogP contribution in [0.5, 0.6) is 0 Å². The van der Waals surface area contributed by atoms with Crippen molar-refractivity contribution >= 4 is 11.6 Å². The summed E-state index contributed by atoms with van der Waals surface area (Å²) < 4.78 is 0. The summed E-state index contributed by atoms with van der Waals surface area (Å²) in [6.07, 6.45) is 0. The van der Waals surface area contributed by atoms with E-state index in [1.165, 1.54) is 5.56 Å². The molecule has 3 nitrogen and oxygen atoms in total. The first-order valence-electron chi connectivity index (χ1n) is 7.27. The third kappa shape index (κ3) is 3.63. The Kier molecular flexibility index (Phi) is 4.99. The average Bonchev–Trinajstić information content (AvgIpc) is 2.52. The molecule has 2 rings (SSSR count). The van der Waals surface area contributed by atoms with E-state index in [4.69, 9.17) is 0 Å². The zero-order chi connectivity index (χ0) is 15.2. The van der Waals surface area contributed by atoms with E-state index in [0.29, 0.717) is 13.1 Å². The first-order valence-corrected chi connectivity index (χ1v) is 7.27. The van der Waals surface area contributed by atoms with Crippen molar-refractivity contribution in [3.05, 3.63) is 65.2 Å². The van der Waals surface area contributed by atoms with Crippen LogP contribution in [0.4, 0.5) is 5.69 Å². The Bertz CT molecular complexity index is 622. The standard InChI is InChI=1S/C18H22N2O/c1-4-20(13-15-9-7-8-14(2)12-15)18(21)16-10-5-6-11-17(16)19-3/h5-12,19H,4,13H2,1-3H3. The Morgan fingerprint density at radius 2 is 1.90 bits per heavy atom. The van der Waals surface area contributed by atoms with E-state index in [0.717, 1.165) is 16.8 Å². The van der Waals surface area contributed by atoms with Gasteiger partial charge in [-0.3, -0.25) is 4.79 Å². The summed E-state index contributed by atoms with van der Waals surface area (Å²) in [5.41, 5.74) is 3.96. The van der Waals surface area contributed by atoms with Crippen molar-refractivity contribution in [2.75, 3.05) is 18.9 Å². The molecule has 21 heavy (non-hydrogen) atoms. The molecular formula is C18H22N2O. The summed E-state index contributed by atoms with van der Waals surface area (Å²) in [5, 5.41) is 3.08. The molecule has 0 saturated carbocycles. The number of aryl methyl sites for hydroxylation is 1. The van der Waals surface area contributed by atoms with Crippen molar-refractivity contribution in [2.24, 2.45) is 0 Å². The Hall–Kier alpha value is -2.29. The number of carbonyl (C=O) groups is 1. The lowest BCUT2D eigenvalue weighted by atomic mass is 10.1. The van der Waals surface area contributed by atoms with Gasteiger partial charge in [0.2, 0.25) is 0 Å². The van der Waals surface area contributed by atoms with Gasteiger partial charge in [-0.25, -0.2) is 0 Å². The largest absolute Gasteiger partial charge is 0.387 e. The molecule has 0 atom stereocenters. The van der Waals surface area contributed by atoms with E-state index in [1.807, 2.05) is 49.2 Å². The Labute approximate surface area is 126 Å². The van der Waals surface area contributed by atoms with Crippen molar-refractivity contribution in [1.82, 2.24) is 4.90 Å². The van der Waals surface area contributed by atoms with Gasteiger partial charge in [0.1, 0.15) is 0 Å². The van der Waals surface area contributed by atoms with Gasteiger partial charge in [0.15, 0.2) is 0 Å². The van der Waals surface area contributed by atoms with Crippen LogP contribution in [0, 0.1) is 6.92 Å². The van der Waals surface area contributed by atoms with Gasteiger partial charge in [-0.2, -0.15) is 0 Å². The number of nitrogens with one attached hydrogen (secondary N) is 1. The number of carbonyl (C=O) groups excluding carboxylic acids is 1. The van der Waals surface area contributed by atoms with Gasteiger partial charge < -0.3 is 10.2 Å². The van der Waals surface area contributed by atoms with Crippen LogP contribution >= 0.6 is 0 Å². The normalized spacial score (nSPS) is 10.2. The minimum Gasteiger partial charge on any atom is -0.387 e. The molecule has 1 amide bonds. The van der Waals surface area contributed by atoms with E-state index < -0.39 is 0 Å². The number of anilines is 1. The zero-order valence-corrected chi connectivity index (χ0v) is 12.9. The molecule has 0 radical (unpaired) electrons. The monoisotopic (exact) mass is 282 g/mol. The number of hydrogen-bond donors (Lipinski definition) is 1. The minimum absolute atomic E-state index is 0.0592. The van der Waals surface area contributed by atoms with Gasteiger partial charge in [-0.05, 0) is 31.5 Å². The second-order valence-corrected chi connectivity index (χ2v) is 5.10. The summed E-state index contributed by atoms with van der Waals surface area (Å²) in [6, 6.07) is 15.9. The fourth-order valence-corrected chi connectivity index (χ4v) is 2.42. The fraction of sp³-hybridized carbons (Fsp3) is 0.278. The predicted octanol–water partition coefficient (Wildman–Crippen LogP) is 3.70. The summed E-state index contributed by atoms with van der Waals surface area (Å²) in [5.74, 6) is 0.0592. The molecule has 0 heterocycles. The van der Waals surface area contributed by atoms with E-state index >= 15 is 0 Å². The van der Waals surface area contributed by atoms with E-state index in [1.54, 1.807) is 0 Å². The molecule has 2 aromatic carbocycles. The van der Waals surface area contributed by atoms with Crippen LogP contribution in [-0.4, -0.2) is 24.4 Å². The van der Waals surface area contributed by atoms with Crippen LogP contribution in [0.25, 0.3) is 0 Å². The zero-order valence-electron chi connectivity index (χ0n) is 12.9. The number of rotatable bonds is 5. The van der Waals surface area contributed by atoms with Crippen molar-refractivity contribution in [3.63, 3.8) is 0 Å². The first kappa shape index (κ1) is 15.1. The highest BCUT2D eigenvalue weighted by molar-refractivity contribution is 5.99. The molecule has 0 aliphatic heterocycles. The molecule has 2 aromatic rings. The topological polar surface area (TPSA) is 32.3 Å². The molecule has 0 aliphatic carbocycles. The quantitative estimate of drug-likeness (QED) is 0.907. The van der Waals surface area contributed by atoms with E-state index in [2.05, 4.69) is 30.4 Å². The third-order valence-corrected chi connectivity index (χ3v) is 3.55. The van der Waals surface area contributed by atoms with Crippen molar-refractivity contribution in [3.8, 4) is 0 Å². The Morgan fingerprint density at radius 3 is 2.57 bits per heavy atom. The Balaban J connectivity index is 2.22. The number of nitrogens with zero attached hydrogens (tertiary/aromatic N) is 1. The number of amides is 1. The lowest BCUT2D eigenvalue weighted by Crippen LogP contribution is -2.30. The van der Waals surface area contributed by atoms with E-state index in [-0.39, 0.29) is 5.91 Å². The highest BCUT2D eigenvalue weighted by Gasteiger charge is 2.17. The molecule has 0 aliphatic rings. The van der Waals surface area contributed by atoms with Gasteiger partial charge in [0.25, 0.3) is 5.91 Å². The van der Waals surface area contributed by atoms with Gasteiger partial charge >= 0.3 is 0 Å². The van der Waals surface area contributed by atoms with E-state index in [9.17, 15) is 4.79 Å². The maximum Gasteiger partial charge on any atom is 0.256 e. The smallest absolute Gasteiger partial charge is 0.256 e. The van der Waals surface area contributed by atoms with Crippen LogP contribution in [0.3, 0.4) is 0 Å². The average molecular weight is 282 g/mol. The van der Waals surface area contributed by atoms with Crippen molar-refractivity contribution in [2.45, 2.75) is 20.4 Å². The summed E-state index contributed by atoms with van der Waals surface area (Å²) in [7, 11) is 1.84. The fourth-order valence-electron chi connectivity index (χ4n) is 2.42. The highest BCUT2D eigenvalue weighted by atomic mass is 16.2. The lowest BCUT2D eigenvalue weighted by molar-refractivity contribution is 0.0753. The molecule has 0 bridgehead atoms. The SMILES string of the molecule is CCN(Cc1cccc(C)c1)C(=O)c1ccccc1NC. The Morgan fingerprint density at radius 1 is 1.14 bits per heavy atom. The van der Waals surface area contributed by atoms with Crippen LogP contribution in [0.2, 0.25) is 0 Å². The molecule has 0 aromatic heterocycles. The number of benzene rings is 2. The van der Waals surface area contributed by atoms with Crippen LogP contribution < -0.4 is 5.32 Å². The molecular weight excluding hydrogens is 260 g/mol. The van der Waals surface area contributed by atoms with Crippen LogP contribution in [-0.2, 0) is 6.54 Å². The first-order chi connectivity index (χ1) is 10.2. The molecule has 0 saturated heterocycles. The molecule has 110 valence electrons. The predicted molar refractivity (Wildman–Crippen MR) is 87.6 cm³/mol. The lowest BCUT2D eigenvalue weighted by Gasteiger charge is -2.22. The number of hydrogen-bond acceptors (Lipinski definition) is 2. The second-order valence-electron chi connectivity index (χ2n) is 5.10. The molecule has 0 spiro atoms. The number of para-hydroxylation sites is 1. The highest BCUT2D eigenvalue weighted by Crippen LogP contribution is 2.18. The van der Waals surface area contributed by atoms with Gasteiger partial charge in [-0.1, -0.05) is 42.0 Å². The van der Waals surface area contributed by atoms with Gasteiger partial charge in [-0.15, -0.1) is 0 Å². The molecule has 1 N–H and O–H groups in total. The van der Waals surface area contributed by atoms with Crippen molar-refractivity contribution in [1.29, 1.82) is 0 Å². The summed E-state index contributed by atoms with van der Waals surface area (Å²) in [6.45, 7) is 5.40.